The van der Waals surface area contributed by atoms with Crippen LogP contribution in [0.3, 0.4) is 0 Å². The van der Waals surface area contributed by atoms with Crippen molar-refractivity contribution in [3.63, 3.8) is 0 Å². The molecule has 1 aliphatic rings. The fourth-order valence-corrected chi connectivity index (χ4v) is 3.16. The number of aryl methyl sites for hydroxylation is 1. The molecule has 0 radical (unpaired) electrons. The Bertz CT molecular complexity index is 445. The number of ether oxygens (including phenoxy) is 1. The van der Waals surface area contributed by atoms with Gasteiger partial charge >= 0.3 is 6.09 Å². The minimum atomic E-state index is -0.416. The highest BCUT2D eigenvalue weighted by atomic mass is 32.1. The van der Waals surface area contributed by atoms with Gasteiger partial charge < -0.3 is 9.64 Å². The van der Waals surface area contributed by atoms with E-state index in [1.54, 1.807) is 4.90 Å². The van der Waals surface area contributed by atoms with Crippen LogP contribution in [0.1, 0.15) is 43.0 Å². The van der Waals surface area contributed by atoms with E-state index in [0.717, 1.165) is 19.4 Å². The molecule has 1 aromatic heterocycles. The molecule has 100 valence electrons. The van der Waals surface area contributed by atoms with E-state index >= 15 is 0 Å². The summed E-state index contributed by atoms with van der Waals surface area (Å²) < 4.78 is 5.42. The monoisotopic (exact) mass is 267 g/mol. The van der Waals surface area contributed by atoms with Crippen LogP contribution in [-0.2, 0) is 24.1 Å². The lowest BCUT2D eigenvalue weighted by Crippen LogP contribution is -2.39. The average Bonchev–Trinajstić information content (AvgIpc) is 2.68. The first-order valence-electron chi connectivity index (χ1n) is 6.47. The molecule has 0 saturated heterocycles. The maximum atomic E-state index is 12.0. The summed E-state index contributed by atoms with van der Waals surface area (Å²) in [6.45, 7) is 9.34. The Morgan fingerprint density at radius 3 is 2.83 bits per heavy atom. The highest BCUT2D eigenvalue weighted by molar-refractivity contribution is 7.12. The van der Waals surface area contributed by atoms with Gasteiger partial charge in [0, 0.05) is 16.3 Å². The smallest absolute Gasteiger partial charge is 0.410 e. The molecule has 1 aromatic rings. The number of fused-ring (bicyclic) bond motifs is 1. The number of hydrogen-bond acceptors (Lipinski definition) is 3. The molecule has 0 fully saturated rings. The van der Waals surface area contributed by atoms with Crippen molar-refractivity contribution in [3.8, 4) is 0 Å². The van der Waals surface area contributed by atoms with E-state index in [0.29, 0.717) is 6.54 Å². The Kier molecular flexibility index (Phi) is 3.66. The third-order valence-corrected chi connectivity index (χ3v) is 4.30. The molecule has 3 nitrogen and oxygen atoms in total. The third-order valence-electron chi connectivity index (χ3n) is 2.92. The van der Waals surface area contributed by atoms with Crippen LogP contribution in [0.5, 0.6) is 0 Å². The zero-order valence-corrected chi connectivity index (χ0v) is 12.4. The summed E-state index contributed by atoms with van der Waals surface area (Å²) >= 11 is 1.88. The largest absolute Gasteiger partial charge is 0.444 e. The van der Waals surface area contributed by atoms with Gasteiger partial charge in [-0.1, -0.05) is 6.92 Å². The van der Waals surface area contributed by atoms with E-state index in [-0.39, 0.29) is 6.09 Å². The molecule has 2 rings (SSSR count). The maximum absolute atomic E-state index is 12.0. The van der Waals surface area contributed by atoms with Crippen molar-refractivity contribution in [3.05, 3.63) is 21.4 Å². The van der Waals surface area contributed by atoms with Crippen LogP contribution in [0.15, 0.2) is 6.07 Å². The quantitative estimate of drug-likeness (QED) is 0.778. The number of nitrogens with zero attached hydrogens (tertiary/aromatic N) is 1. The molecule has 1 amide bonds. The molecule has 1 aliphatic heterocycles. The number of carbonyl (C=O) groups excluding carboxylic acids is 1. The number of rotatable bonds is 1. The summed E-state index contributed by atoms with van der Waals surface area (Å²) in [5.41, 5.74) is 0.884. The molecule has 0 aliphatic carbocycles. The molecule has 0 saturated carbocycles. The van der Waals surface area contributed by atoms with Crippen LogP contribution in [0.25, 0.3) is 0 Å². The van der Waals surface area contributed by atoms with Crippen LogP contribution < -0.4 is 0 Å². The van der Waals surface area contributed by atoms with Gasteiger partial charge in [-0.05, 0) is 45.2 Å². The summed E-state index contributed by atoms with van der Waals surface area (Å²) in [5, 5.41) is 0. The fraction of sp³-hybridized carbons (Fsp3) is 0.643. The van der Waals surface area contributed by atoms with Crippen molar-refractivity contribution in [2.24, 2.45) is 0 Å². The Hall–Kier alpha value is -1.03. The average molecular weight is 267 g/mol. The Labute approximate surface area is 113 Å². The van der Waals surface area contributed by atoms with Gasteiger partial charge in [0.25, 0.3) is 0 Å². The predicted molar refractivity (Wildman–Crippen MR) is 74.0 cm³/mol. The number of carbonyl (C=O) groups is 1. The second kappa shape index (κ2) is 4.92. The van der Waals surface area contributed by atoms with E-state index in [2.05, 4.69) is 13.0 Å². The number of thiophene rings is 1. The second-order valence-corrected chi connectivity index (χ2v) is 6.89. The van der Waals surface area contributed by atoms with E-state index in [1.807, 2.05) is 32.1 Å². The Balaban J connectivity index is 2.05. The van der Waals surface area contributed by atoms with Crippen LogP contribution in [0, 0.1) is 0 Å². The minimum Gasteiger partial charge on any atom is -0.444 e. The van der Waals surface area contributed by atoms with Crippen LogP contribution >= 0.6 is 11.3 Å². The first-order valence-corrected chi connectivity index (χ1v) is 7.29. The molecule has 0 N–H and O–H groups in total. The lowest BCUT2D eigenvalue weighted by molar-refractivity contribution is 0.0225. The van der Waals surface area contributed by atoms with E-state index in [4.69, 9.17) is 4.74 Å². The first-order chi connectivity index (χ1) is 8.39. The normalized spacial score (nSPS) is 15.4. The number of hydrogen-bond donors (Lipinski definition) is 0. The maximum Gasteiger partial charge on any atom is 0.410 e. The summed E-state index contributed by atoms with van der Waals surface area (Å²) in [7, 11) is 0. The zero-order valence-electron chi connectivity index (χ0n) is 11.6. The second-order valence-electron chi connectivity index (χ2n) is 5.67. The Morgan fingerprint density at radius 1 is 1.50 bits per heavy atom. The SMILES string of the molecule is CCc1cc2c(s1)CCN(C(=O)OC(C)(C)C)C2. The van der Waals surface area contributed by atoms with Gasteiger partial charge in [0.15, 0.2) is 0 Å². The summed E-state index contributed by atoms with van der Waals surface area (Å²) in [4.78, 5) is 16.7. The van der Waals surface area contributed by atoms with Gasteiger partial charge in [-0.15, -0.1) is 11.3 Å². The van der Waals surface area contributed by atoms with Crippen LogP contribution in [0.2, 0.25) is 0 Å². The molecule has 0 spiro atoms. The van der Waals surface area contributed by atoms with Gasteiger partial charge in [0.2, 0.25) is 0 Å². The molecular formula is C14H21NO2S. The molecule has 18 heavy (non-hydrogen) atoms. The third kappa shape index (κ3) is 3.05. The zero-order chi connectivity index (χ0) is 13.3. The first kappa shape index (κ1) is 13.4. The van der Waals surface area contributed by atoms with Gasteiger partial charge in [0.05, 0.1) is 6.54 Å². The molecule has 4 heteroatoms. The minimum absolute atomic E-state index is 0.197. The lowest BCUT2D eigenvalue weighted by atomic mass is 10.1. The van der Waals surface area contributed by atoms with E-state index in [9.17, 15) is 4.79 Å². The molecule has 0 atom stereocenters. The lowest BCUT2D eigenvalue weighted by Gasteiger charge is -2.29. The molecule has 0 bridgehead atoms. The molecule has 2 heterocycles. The van der Waals surface area contributed by atoms with Crippen LogP contribution in [0.4, 0.5) is 4.79 Å². The predicted octanol–water partition coefficient (Wildman–Crippen LogP) is 3.60. The van der Waals surface area contributed by atoms with Crippen molar-refractivity contribution < 1.29 is 9.53 Å². The van der Waals surface area contributed by atoms with Gasteiger partial charge in [0.1, 0.15) is 5.60 Å². The molecular weight excluding hydrogens is 246 g/mol. The highest BCUT2D eigenvalue weighted by Crippen LogP contribution is 2.29. The standard InChI is InChI=1S/C14H21NO2S/c1-5-11-8-10-9-15(7-6-12(10)18-11)13(16)17-14(2,3)4/h8H,5-7,9H2,1-4H3. The topological polar surface area (TPSA) is 29.5 Å². The summed E-state index contributed by atoms with van der Waals surface area (Å²) in [5.74, 6) is 0. The van der Waals surface area contributed by atoms with E-state index in [1.165, 1.54) is 15.3 Å². The van der Waals surface area contributed by atoms with Gasteiger partial charge in [-0.3, -0.25) is 0 Å². The summed E-state index contributed by atoms with van der Waals surface area (Å²) in [6, 6.07) is 2.23. The van der Waals surface area contributed by atoms with Crippen molar-refractivity contribution in [1.29, 1.82) is 0 Å². The highest BCUT2D eigenvalue weighted by Gasteiger charge is 2.26. The Morgan fingerprint density at radius 2 is 2.22 bits per heavy atom. The van der Waals surface area contributed by atoms with Crippen molar-refractivity contribution in [2.75, 3.05) is 6.54 Å². The van der Waals surface area contributed by atoms with Crippen molar-refractivity contribution >= 4 is 17.4 Å². The van der Waals surface area contributed by atoms with Gasteiger partial charge in [-0.25, -0.2) is 4.79 Å². The molecule has 0 aromatic carbocycles. The van der Waals surface area contributed by atoms with Crippen molar-refractivity contribution in [2.45, 2.75) is 52.7 Å². The van der Waals surface area contributed by atoms with Crippen LogP contribution in [-0.4, -0.2) is 23.1 Å². The molecule has 0 unspecified atom stereocenters. The number of amides is 1. The van der Waals surface area contributed by atoms with Gasteiger partial charge in [-0.2, -0.15) is 0 Å². The fourth-order valence-electron chi connectivity index (χ4n) is 2.05. The summed E-state index contributed by atoms with van der Waals surface area (Å²) in [6.07, 6.45) is 1.83. The van der Waals surface area contributed by atoms with Crippen molar-refractivity contribution in [1.82, 2.24) is 4.90 Å². The van der Waals surface area contributed by atoms with E-state index < -0.39 is 5.60 Å².